The fraction of sp³-hybridized carbons (Fsp3) is 0.500. The lowest BCUT2D eigenvalue weighted by atomic mass is 10.2. The van der Waals surface area contributed by atoms with Gasteiger partial charge in [-0.1, -0.05) is 30.3 Å². The first-order chi connectivity index (χ1) is 14.2. The number of hydrogen-bond acceptors (Lipinski definition) is 5. The Kier molecular flexibility index (Phi) is 6.24. The summed E-state index contributed by atoms with van der Waals surface area (Å²) in [5.74, 6) is 1.70. The lowest BCUT2D eigenvalue weighted by Gasteiger charge is -2.34. The third-order valence-corrected chi connectivity index (χ3v) is 5.43. The van der Waals surface area contributed by atoms with Crippen molar-refractivity contribution in [2.24, 2.45) is 0 Å². The number of amides is 2. The van der Waals surface area contributed by atoms with Crippen molar-refractivity contribution in [2.75, 3.05) is 32.7 Å². The molecule has 7 heteroatoms. The van der Waals surface area contributed by atoms with Crippen LogP contribution in [0.1, 0.15) is 31.6 Å². The van der Waals surface area contributed by atoms with Gasteiger partial charge in [0.25, 0.3) is 0 Å². The molecule has 1 saturated carbocycles. The number of hydrogen-bond donors (Lipinski definition) is 1. The molecule has 0 atom stereocenters. The molecule has 1 saturated heterocycles. The Balaban J connectivity index is 1.15. The minimum absolute atomic E-state index is 0.105. The van der Waals surface area contributed by atoms with Crippen LogP contribution in [-0.4, -0.2) is 65.4 Å². The fourth-order valence-electron chi connectivity index (χ4n) is 3.57. The highest BCUT2D eigenvalue weighted by Gasteiger charge is 2.26. The second-order valence-corrected chi connectivity index (χ2v) is 7.84. The second-order valence-electron chi connectivity index (χ2n) is 7.84. The van der Waals surface area contributed by atoms with Gasteiger partial charge in [-0.05, 0) is 19.3 Å². The van der Waals surface area contributed by atoms with Crippen molar-refractivity contribution in [3.8, 4) is 11.3 Å². The van der Waals surface area contributed by atoms with Crippen LogP contribution in [0.3, 0.4) is 0 Å². The Hall–Kier alpha value is -2.67. The number of carbonyl (C=O) groups excluding carboxylic acids is 2. The zero-order valence-corrected chi connectivity index (χ0v) is 16.7. The van der Waals surface area contributed by atoms with E-state index in [4.69, 9.17) is 4.42 Å². The Labute approximate surface area is 171 Å². The minimum Gasteiger partial charge on any atom is -0.441 e. The number of piperazine rings is 1. The molecule has 2 aromatic rings. The molecule has 0 spiro atoms. The molecule has 2 aliphatic rings. The average molecular weight is 396 g/mol. The van der Waals surface area contributed by atoms with Crippen LogP contribution >= 0.6 is 0 Å². The third-order valence-electron chi connectivity index (χ3n) is 5.43. The van der Waals surface area contributed by atoms with E-state index < -0.39 is 0 Å². The zero-order chi connectivity index (χ0) is 20.1. The van der Waals surface area contributed by atoms with E-state index in [9.17, 15) is 9.59 Å². The van der Waals surface area contributed by atoms with Crippen LogP contribution in [0.4, 0.5) is 0 Å². The number of aryl methyl sites for hydroxylation is 1. The van der Waals surface area contributed by atoms with E-state index in [-0.39, 0.29) is 11.8 Å². The lowest BCUT2D eigenvalue weighted by Crippen LogP contribution is -2.51. The van der Waals surface area contributed by atoms with E-state index in [0.717, 1.165) is 43.7 Å². The van der Waals surface area contributed by atoms with E-state index in [2.05, 4.69) is 15.2 Å². The monoisotopic (exact) mass is 396 g/mol. The Morgan fingerprint density at radius 2 is 1.86 bits per heavy atom. The quantitative estimate of drug-likeness (QED) is 0.739. The van der Waals surface area contributed by atoms with Gasteiger partial charge < -0.3 is 14.6 Å². The number of aromatic nitrogens is 1. The summed E-state index contributed by atoms with van der Waals surface area (Å²) in [4.78, 5) is 32.7. The van der Waals surface area contributed by atoms with Gasteiger partial charge in [-0.3, -0.25) is 14.5 Å². The van der Waals surface area contributed by atoms with E-state index in [0.29, 0.717) is 44.4 Å². The Morgan fingerprint density at radius 1 is 1.10 bits per heavy atom. The van der Waals surface area contributed by atoms with Gasteiger partial charge in [-0.2, -0.15) is 0 Å². The van der Waals surface area contributed by atoms with Crippen molar-refractivity contribution >= 4 is 11.8 Å². The highest BCUT2D eigenvalue weighted by molar-refractivity contribution is 5.79. The molecule has 154 valence electrons. The first kappa shape index (κ1) is 19.6. The summed E-state index contributed by atoms with van der Waals surface area (Å²) in [6, 6.07) is 10.3. The van der Waals surface area contributed by atoms with Crippen LogP contribution in [0, 0.1) is 0 Å². The molecule has 1 aromatic carbocycles. The minimum atomic E-state index is 0.105. The standard InChI is InChI=1S/C22H28N4O3/c27-20(24-18-9-10-18)16-25-11-13-26(14-12-25)22(28)8-4-7-21-23-15-19(29-21)17-5-2-1-3-6-17/h1-3,5-6,15,18H,4,7-14,16H2,(H,24,27). The molecule has 0 radical (unpaired) electrons. The Morgan fingerprint density at radius 3 is 2.59 bits per heavy atom. The van der Waals surface area contributed by atoms with Crippen molar-refractivity contribution < 1.29 is 14.0 Å². The number of carbonyl (C=O) groups is 2. The topological polar surface area (TPSA) is 78.7 Å². The van der Waals surface area contributed by atoms with Gasteiger partial charge in [0.05, 0.1) is 12.7 Å². The Bertz CT molecular complexity index is 824. The van der Waals surface area contributed by atoms with Gasteiger partial charge in [-0.25, -0.2) is 4.98 Å². The van der Waals surface area contributed by atoms with Crippen molar-refractivity contribution in [1.82, 2.24) is 20.1 Å². The molecule has 1 N–H and O–H groups in total. The van der Waals surface area contributed by atoms with Gasteiger partial charge in [0.2, 0.25) is 11.8 Å². The van der Waals surface area contributed by atoms with Crippen LogP contribution in [0.25, 0.3) is 11.3 Å². The van der Waals surface area contributed by atoms with Crippen LogP contribution in [-0.2, 0) is 16.0 Å². The zero-order valence-electron chi connectivity index (χ0n) is 16.7. The maximum absolute atomic E-state index is 12.5. The van der Waals surface area contributed by atoms with Crippen molar-refractivity contribution in [3.05, 3.63) is 42.4 Å². The predicted molar refractivity (Wildman–Crippen MR) is 109 cm³/mol. The lowest BCUT2D eigenvalue weighted by molar-refractivity contribution is -0.133. The van der Waals surface area contributed by atoms with Gasteiger partial charge in [-0.15, -0.1) is 0 Å². The number of oxazole rings is 1. The van der Waals surface area contributed by atoms with Gasteiger partial charge >= 0.3 is 0 Å². The molecular weight excluding hydrogens is 368 g/mol. The molecular formula is C22H28N4O3. The second kappa shape index (κ2) is 9.22. The van der Waals surface area contributed by atoms with Crippen LogP contribution in [0.15, 0.2) is 40.9 Å². The maximum atomic E-state index is 12.5. The van der Waals surface area contributed by atoms with E-state index in [1.807, 2.05) is 35.2 Å². The van der Waals surface area contributed by atoms with Crippen molar-refractivity contribution in [2.45, 2.75) is 38.1 Å². The SMILES string of the molecule is O=C(CN1CCN(C(=O)CCCc2ncc(-c3ccccc3)o2)CC1)NC1CC1. The van der Waals surface area contributed by atoms with E-state index in [1.54, 1.807) is 6.20 Å². The molecule has 1 aliphatic carbocycles. The number of rotatable bonds is 8. The van der Waals surface area contributed by atoms with Crippen LogP contribution < -0.4 is 5.32 Å². The normalized spacial score (nSPS) is 17.3. The molecule has 1 aromatic heterocycles. The van der Waals surface area contributed by atoms with Crippen LogP contribution in [0.5, 0.6) is 0 Å². The summed E-state index contributed by atoms with van der Waals surface area (Å²) >= 11 is 0. The van der Waals surface area contributed by atoms with Crippen molar-refractivity contribution in [3.63, 3.8) is 0 Å². The summed E-state index contributed by atoms with van der Waals surface area (Å²) in [7, 11) is 0. The molecule has 2 amide bonds. The first-order valence-electron chi connectivity index (χ1n) is 10.5. The third kappa shape index (κ3) is 5.67. The maximum Gasteiger partial charge on any atom is 0.234 e. The van der Waals surface area contributed by atoms with E-state index >= 15 is 0 Å². The summed E-state index contributed by atoms with van der Waals surface area (Å²) in [6.45, 7) is 3.32. The molecule has 1 aliphatic heterocycles. The first-order valence-corrected chi connectivity index (χ1v) is 10.5. The van der Waals surface area contributed by atoms with Gasteiger partial charge in [0.1, 0.15) is 0 Å². The largest absolute Gasteiger partial charge is 0.441 e. The molecule has 4 rings (SSSR count). The number of benzene rings is 1. The molecule has 2 heterocycles. The highest BCUT2D eigenvalue weighted by Crippen LogP contribution is 2.21. The average Bonchev–Trinajstić information content (AvgIpc) is 3.42. The summed E-state index contributed by atoms with van der Waals surface area (Å²) in [6.07, 6.45) is 5.82. The van der Waals surface area contributed by atoms with Gasteiger partial charge in [0, 0.05) is 50.6 Å². The predicted octanol–water partition coefficient (Wildman–Crippen LogP) is 2.09. The summed E-state index contributed by atoms with van der Waals surface area (Å²) in [5.41, 5.74) is 1.01. The number of nitrogens with one attached hydrogen (secondary N) is 1. The van der Waals surface area contributed by atoms with Crippen LogP contribution in [0.2, 0.25) is 0 Å². The highest BCUT2D eigenvalue weighted by atomic mass is 16.4. The summed E-state index contributed by atoms with van der Waals surface area (Å²) in [5, 5.41) is 3.01. The summed E-state index contributed by atoms with van der Waals surface area (Å²) < 4.78 is 5.80. The molecule has 0 bridgehead atoms. The molecule has 2 fully saturated rings. The van der Waals surface area contributed by atoms with Gasteiger partial charge in [0.15, 0.2) is 11.7 Å². The number of nitrogens with zero attached hydrogens (tertiary/aromatic N) is 3. The fourth-order valence-corrected chi connectivity index (χ4v) is 3.57. The van der Waals surface area contributed by atoms with E-state index in [1.165, 1.54) is 0 Å². The smallest absolute Gasteiger partial charge is 0.234 e. The molecule has 7 nitrogen and oxygen atoms in total. The molecule has 0 unspecified atom stereocenters. The molecule has 29 heavy (non-hydrogen) atoms. The van der Waals surface area contributed by atoms with Crippen molar-refractivity contribution in [1.29, 1.82) is 0 Å².